The normalized spacial score (nSPS) is 15.4. The lowest BCUT2D eigenvalue weighted by atomic mass is 10.1. The molecule has 1 fully saturated rings. The number of hydrogen-bond acceptors (Lipinski definition) is 4. The SMILES string of the molecule is CCCCOc1ccccc1NC(=O)OC1CCN(CC)CC1.Cl. The van der Waals surface area contributed by atoms with Crippen LogP contribution in [0.2, 0.25) is 0 Å². The first kappa shape index (κ1) is 20.6. The largest absolute Gasteiger partial charge is 0.491 e. The summed E-state index contributed by atoms with van der Waals surface area (Å²) in [5.41, 5.74) is 0.666. The second-order valence-electron chi connectivity index (χ2n) is 5.86. The van der Waals surface area contributed by atoms with Gasteiger partial charge in [0, 0.05) is 13.1 Å². The lowest BCUT2D eigenvalue weighted by molar-refractivity contribution is 0.0605. The number of anilines is 1. The van der Waals surface area contributed by atoms with Gasteiger partial charge in [0.2, 0.25) is 0 Å². The molecule has 1 saturated heterocycles. The monoisotopic (exact) mass is 356 g/mol. The molecule has 0 radical (unpaired) electrons. The summed E-state index contributed by atoms with van der Waals surface area (Å²) in [6.07, 6.45) is 3.48. The molecule has 1 aromatic carbocycles. The van der Waals surface area contributed by atoms with Crippen molar-refractivity contribution >= 4 is 24.2 Å². The van der Waals surface area contributed by atoms with Crippen molar-refractivity contribution in [2.75, 3.05) is 31.6 Å². The maximum absolute atomic E-state index is 12.1. The first-order chi connectivity index (χ1) is 11.2. The van der Waals surface area contributed by atoms with Crippen LogP contribution < -0.4 is 10.1 Å². The van der Waals surface area contributed by atoms with Gasteiger partial charge < -0.3 is 14.4 Å². The van der Waals surface area contributed by atoms with Crippen molar-refractivity contribution in [1.82, 2.24) is 4.90 Å². The Morgan fingerprint density at radius 2 is 1.96 bits per heavy atom. The molecule has 0 aliphatic carbocycles. The van der Waals surface area contributed by atoms with Crippen LogP contribution in [-0.2, 0) is 4.74 Å². The number of ether oxygens (including phenoxy) is 2. The van der Waals surface area contributed by atoms with Gasteiger partial charge in [0.1, 0.15) is 11.9 Å². The van der Waals surface area contributed by atoms with Crippen molar-refractivity contribution in [2.24, 2.45) is 0 Å². The fourth-order valence-electron chi connectivity index (χ4n) is 2.66. The maximum atomic E-state index is 12.1. The molecule has 0 unspecified atom stereocenters. The van der Waals surface area contributed by atoms with Gasteiger partial charge in [0.15, 0.2) is 0 Å². The van der Waals surface area contributed by atoms with Crippen LogP contribution in [0.3, 0.4) is 0 Å². The van der Waals surface area contributed by atoms with Crippen molar-refractivity contribution in [3.05, 3.63) is 24.3 Å². The van der Waals surface area contributed by atoms with E-state index in [1.165, 1.54) is 0 Å². The summed E-state index contributed by atoms with van der Waals surface area (Å²) >= 11 is 0. The molecule has 1 heterocycles. The molecule has 0 saturated carbocycles. The molecule has 136 valence electrons. The molecule has 24 heavy (non-hydrogen) atoms. The number of unbranched alkanes of at least 4 members (excludes halogenated alkanes) is 1. The van der Waals surface area contributed by atoms with Crippen LogP contribution in [0.5, 0.6) is 5.75 Å². The summed E-state index contributed by atoms with van der Waals surface area (Å²) < 4.78 is 11.3. The van der Waals surface area contributed by atoms with Gasteiger partial charge >= 0.3 is 6.09 Å². The van der Waals surface area contributed by atoms with Gasteiger partial charge in [0.05, 0.1) is 12.3 Å². The van der Waals surface area contributed by atoms with Crippen LogP contribution in [0.4, 0.5) is 10.5 Å². The van der Waals surface area contributed by atoms with Gasteiger partial charge in [-0.15, -0.1) is 12.4 Å². The zero-order valence-electron chi connectivity index (χ0n) is 14.6. The number of halogens is 1. The van der Waals surface area contributed by atoms with Crippen LogP contribution >= 0.6 is 12.4 Å². The summed E-state index contributed by atoms with van der Waals surface area (Å²) in [5.74, 6) is 0.693. The number of carbonyl (C=O) groups is 1. The molecule has 0 aromatic heterocycles. The van der Waals surface area contributed by atoms with Gasteiger partial charge in [-0.2, -0.15) is 0 Å². The Hall–Kier alpha value is -1.46. The third kappa shape index (κ3) is 6.57. The number of nitrogens with one attached hydrogen (secondary N) is 1. The van der Waals surface area contributed by atoms with Crippen molar-refractivity contribution in [2.45, 2.75) is 45.6 Å². The van der Waals surface area contributed by atoms with E-state index in [9.17, 15) is 4.79 Å². The highest BCUT2D eigenvalue weighted by atomic mass is 35.5. The standard InChI is InChI=1S/C18H28N2O3.ClH/c1-3-5-14-22-17-9-7-6-8-16(17)19-18(21)23-15-10-12-20(4-2)13-11-15;/h6-9,15H,3-5,10-14H2,1-2H3,(H,19,21);1H. The minimum Gasteiger partial charge on any atom is -0.491 e. The highest BCUT2D eigenvalue weighted by Crippen LogP contribution is 2.24. The molecule has 1 N–H and O–H groups in total. The van der Waals surface area contributed by atoms with Crippen molar-refractivity contribution in [3.63, 3.8) is 0 Å². The van der Waals surface area contributed by atoms with E-state index < -0.39 is 6.09 Å². The van der Waals surface area contributed by atoms with E-state index in [0.29, 0.717) is 18.0 Å². The van der Waals surface area contributed by atoms with Crippen molar-refractivity contribution in [3.8, 4) is 5.75 Å². The van der Waals surface area contributed by atoms with Gasteiger partial charge in [-0.05, 0) is 37.9 Å². The second kappa shape index (κ2) is 11.2. The Morgan fingerprint density at radius 3 is 2.62 bits per heavy atom. The molecular weight excluding hydrogens is 328 g/mol. The lowest BCUT2D eigenvalue weighted by Crippen LogP contribution is -2.38. The average molecular weight is 357 g/mol. The Balaban J connectivity index is 0.00000288. The lowest BCUT2D eigenvalue weighted by Gasteiger charge is -2.30. The molecule has 0 bridgehead atoms. The highest BCUT2D eigenvalue weighted by molar-refractivity contribution is 5.86. The topological polar surface area (TPSA) is 50.8 Å². The number of amides is 1. The van der Waals surface area contributed by atoms with Gasteiger partial charge in [-0.3, -0.25) is 5.32 Å². The van der Waals surface area contributed by atoms with E-state index in [-0.39, 0.29) is 18.5 Å². The summed E-state index contributed by atoms with van der Waals surface area (Å²) in [5, 5.41) is 2.81. The number of para-hydroxylation sites is 2. The number of hydrogen-bond donors (Lipinski definition) is 1. The summed E-state index contributed by atoms with van der Waals surface area (Å²) in [7, 11) is 0. The Labute approximate surface area is 151 Å². The molecule has 5 nitrogen and oxygen atoms in total. The minimum absolute atomic E-state index is 0. The smallest absolute Gasteiger partial charge is 0.412 e. The highest BCUT2D eigenvalue weighted by Gasteiger charge is 2.21. The van der Waals surface area contributed by atoms with Crippen LogP contribution in [0.1, 0.15) is 39.5 Å². The Bertz CT molecular complexity index is 491. The average Bonchev–Trinajstić information content (AvgIpc) is 2.57. The zero-order chi connectivity index (χ0) is 16.5. The second-order valence-corrected chi connectivity index (χ2v) is 5.86. The minimum atomic E-state index is -0.397. The Kier molecular flexibility index (Phi) is 9.57. The van der Waals surface area contributed by atoms with E-state index in [2.05, 4.69) is 24.1 Å². The quantitative estimate of drug-likeness (QED) is 0.739. The molecule has 2 rings (SSSR count). The van der Waals surface area contributed by atoms with Crippen molar-refractivity contribution in [1.29, 1.82) is 0 Å². The molecule has 1 aromatic rings. The van der Waals surface area contributed by atoms with Crippen molar-refractivity contribution < 1.29 is 14.3 Å². The van der Waals surface area contributed by atoms with Crippen LogP contribution in [0, 0.1) is 0 Å². The first-order valence-corrected chi connectivity index (χ1v) is 8.64. The van der Waals surface area contributed by atoms with E-state index in [4.69, 9.17) is 9.47 Å². The van der Waals surface area contributed by atoms with E-state index in [1.54, 1.807) is 0 Å². The predicted octanol–water partition coefficient (Wildman–Crippen LogP) is 4.32. The summed E-state index contributed by atoms with van der Waals surface area (Å²) in [4.78, 5) is 14.5. The van der Waals surface area contributed by atoms with E-state index in [1.807, 2.05) is 24.3 Å². The number of nitrogens with zero attached hydrogens (tertiary/aromatic N) is 1. The number of rotatable bonds is 7. The van der Waals surface area contributed by atoms with Gasteiger partial charge in [-0.25, -0.2) is 4.79 Å². The van der Waals surface area contributed by atoms with Gasteiger partial charge in [-0.1, -0.05) is 32.4 Å². The number of likely N-dealkylation sites (tertiary alicyclic amines) is 1. The number of benzene rings is 1. The summed E-state index contributed by atoms with van der Waals surface area (Å²) in [6, 6.07) is 7.48. The Morgan fingerprint density at radius 1 is 1.25 bits per heavy atom. The number of carbonyl (C=O) groups excluding carboxylic acids is 1. The maximum Gasteiger partial charge on any atom is 0.412 e. The molecule has 6 heteroatoms. The van der Waals surface area contributed by atoms with Crippen LogP contribution in [-0.4, -0.2) is 43.3 Å². The summed E-state index contributed by atoms with van der Waals surface area (Å²) in [6.45, 7) is 7.97. The predicted molar refractivity (Wildman–Crippen MR) is 99.3 cm³/mol. The molecular formula is C18H29ClN2O3. The van der Waals surface area contributed by atoms with Crippen LogP contribution in [0.15, 0.2) is 24.3 Å². The fraction of sp³-hybridized carbons (Fsp3) is 0.611. The molecule has 1 amide bonds. The van der Waals surface area contributed by atoms with Crippen LogP contribution in [0.25, 0.3) is 0 Å². The third-order valence-corrected chi connectivity index (χ3v) is 4.13. The van der Waals surface area contributed by atoms with E-state index >= 15 is 0 Å². The molecule has 1 aliphatic rings. The fourth-order valence-corrected chi connectivity index (χ4v) is 2.66. The molecule has 1 aliphatic heterocycles. The third-order valence-electron chi connectivity index (χ3n) is 4.13. The first-order valence-electron chi connectivity index (χ1n) is 8.64. The van der Waals surface area contributed by atoms with Gasteiger partial charge in [0.25, 0.3) is 0 Å². The zero-order valence-corrected chi connectivity index (χ0v) is 15.4. The van der Waals surface area contributed by atoms with E-state index in [0.717, 1.165) is 45.3 Å². The number of piperidine rings is 1. The molecule has 0 atom stereocenters. The molecule has 0 spiro atoms.